The number of para-hydroxylation sites is 1. The van der Waals surface area contributed by atoms with E-state index in [4.69, 9.17) is 11.5 Å². The van der Waals surface area contributed by atoms with E-state index in [0.29, 0.717) is 5.56 Å². The average Bonchev–Trinajstić information content (AvgIpc) is 2.15. The van der Waals surface area contributed by atoms with Gasteiger partial charge in [0.2, 0.25) is 0 Å². The van der Waals surface area contributed by atoms with Crippen LogP contribution >= 0.6 is 12.4 Å². The van der Waals surface area contributed by atoms with Crippen LogP contribution in [0.1, 0.15) is 5.56 Å². The molecule has 6 nitrogen and oxygen atoms in total. The second kappa shape index (κ2) is 5.82. The van der Waals surface area contributed by atoms with Crippen molar-refractivity contribution < 1.29 is 4.92 Å². The molecule has 0 fully saturated rings. The highest BCUT2D eigenvalue weighted by Gasteiger charge is 2.10. The fraction of sp³-hybridized carbons (Fsp3) is 0.125. The predicted molar refractivity (Wildman–Crippen MR) is 59.9 cm³/mol. The Labute approximate surface area is 92.5 Å². The molecule has 0 radical (unpaired) electrons. The summed E-state index contributed by atoms with van der Waals surface area (Å²) in [4.78, 5) is 13.8. The first-order valence-corrected chi connectivity index (χ1v) is 3.89. The van der Waals surface area contributed by atoms with Crippen LogP contribution in [0.4, 0.5) is 5.69 Å². The Kier molecular flexibility index (Phi) is 5.11. The number of aliphatic imine (C=N–C) groups is 1. The minimum Gasteiger partial charge on any atom is -0.370 e. The second-order valence-corrected chi connectivity index (χ2v) is 2.63. The lowest BCUT2D eigenvalue weighted by Crippen LogP contribution is -2.22. The molecule has 0 spiro atoms. The fourth-order valence-corrected chi connectivity index (χ4v) is 0.999. The zero-order valence-corrected chi connectivity index (χ0v) is 8.61. The summed E-state index contributed by atoms with van der Waals surface area (Å²) in [6, 6.07) is 6.32. The number of guanidine groups is 1. The first kappa shape index (κ1) is 13.2. The number of halogens is 1. The number of nitro benzene ring substituents is 1. The maximum absolute atomic E-state index is 10.6. The van der Waals surface area contributed by atoms with E-state index in [-0.39, 0.29) is 30.6 Å². The van der Waals surface area contributed by atoms with Gasteiger partial charge in [-0.3, -0.25) is 10.1 Å². The molecule has 7 heteroatoms. The van der Waals surface area contributed by atoms with E-state index in [1.54, 1.807) is 18.2 Å². The van der Waals surface area contributed by atoms with Gasteiger partial charge < -0.3 is 11.5 Å². The van der Waals surface area contributed by atoms with Gasteiger partial charge in [-0.25, -0.2) is 4.99 Å². The Morgan fingerprint density at radius 2 is 2.00 bits per heavy atom. The van der Waals surface area contributed by atoms with E-state index < -0.39 is 4.92 Å². The van der Waals surface area contributed by atoms with Crippen LogP contribution in [0.3, 0.4) is 0 Å². The summed E-state index contributed by atoms with van der Waals surface area (Å²) in [5, 5.41) is 10.6. The van der Waals surface area contributed by atoms with Crippen LogP contribution in [0.2, 0.25) is 0 Å². The molecule has 1 aromatic carbocycles. The molecular formula is C8H11ClN4O2. The molecule has 0 saturated carbocycles. The average molecular weight is 231 g/mol. The number of benzene rings is 1. The Morgan fingerprint density at radius 3 is 2.53 bits per heavy atom. The summed E-state index contributed by atoms with van der Waals surface area (Å²) >= 11 is 0. The van der Waals surface area contributed by atoms with Gasteiger partial charge in [0.05, 0.1) is 17.0 Å². The smallest absolute Gasteiger partial charge is 0.274 e. The topological polar surface area (TPSA) is 108 Å². The van der Waals surface area contributed by atoms with Crippen molar-refractivity contribution in [1.82, 2.24) is 0 Å². The number of nitrogens with zero attached hydrogens (tertiary/aromatic N) is 2. The lowest BCUT2D eigenvalue weighted by molar-refractivity contribution is -0.385. The van der Waals surface area contributed by atoms with Crippen molar-refractivity contribution in [2.24, 2.45) is 16.5 Å². The SMILES string of the molecule is Cl.NC(N)=NCc1ccccc1[N+](=O)[O-]. The number of hydrogen-bond donors (Lipinski definition) is 2. The van der Waals surface area contributed by atoms with Gasteiger partial charge in [0.25, 0.3) is 5.69 Å². The third-order valence-corrected chi connectivity index (χ3v) is 1.62. The van der Waals surface area contributed by atoms with Crippen LogP contribution < -0.4 is 11.5 Å². The molecule has 4 N–H and O–H groups in total. The summed E-state index contributed by atoms with van der Waals surface area (Å²) in [5.74, 6) is -0.0804. The molecule has 1 aromatic rings. The Balaban J connectivity index is 0.00000196. The molecule has 15 heavy (non-hydrogen) atoms. The maximum Gasteiger partial charge on any atom is 0.274 e. The number of nitrogens with two attached hydrogens (primary N) is 2. The van der Waals surface area contributed by atoms with E-state index >= 15 is 0 Å². The van der Waals surface area contributed by atoms with Crippen LogP contribution in [-0.4, -0.2) is 10.9 Å². The Morgan fingerprint density at radius 1 is 1.40 bits per heavy atom. The highest BCUT2D eigenvalue weighted by Crippen LogP contribution is 2.17. The van der Waals surface area contributed by atoms with E-state index in [2.05, 4.69) is 4.99 Å². The Hall–Kier alpha value is -1.82. The van der Waals surface area contributed by atoms with Crippen LogP contribution in [-0.2, 0) is 6.54 Å². The molecule has 0 heterocycles. The first-order valence-electron chi connectivity index (χ1n) is 3.89. The quantitative estimate of drug-likeness (QED) is 0.346. The molecule has 0 bridgehead atoms. The standard InChI is InChI=1S/C8H10N4O2.ClH/c9-8(10)11-5-6-3-1-2-4-7(6)12(13)14;/h1-4H,5H2,(H4,9,10,11);1H. The summed E-state index contributed by atoms with van der Waals surface area (Å²) in [6.45, 7) is 0.124. The minimum atomic E-state index is -0.461. The van der Waals surface area contributed by atoms with Crippen molar-refractivity contribution in [2.45, 2.75) is 6.54 Å². The summed E-state index contributed by atoms with van der Waals surface area (Å²) < 4.78 is 0. The van der Waals surface area contributed by atoms with Gasteiger partial charge in [0.15, 0.2) is 5.96 Å². The lowest BCUT2D eigenvalue weighted by atomic mass is 10.2. The summed E-state index contributed by atoms with van der Waals surface area (Å²) in [5.41, 5.74) is 10.8. The van der Waals surface area contributed by atoms with Gasteiger partial charge >= 0.3 is 0 Å². The molecule has 0 aliphatic heterocycles. The summed E-state index contributed by atoms with van der Waals surface area (Å²) in [7, 11) is 0. The molecular weight excluding hydrogens is 220 g/mol. The van der Waals surface area contributed by atoms with Crippen molar-refractivity contribution in [3.63, 3.8) is 0 Å². The molecule has 0 atom stereocenters. The van der Waals surface area contributed by atoms with Crippen molar-refractivity contribution >= 4 is 24.1 Å². The van der Waals surface area contributed by atoms with Gasteiger partial charge in [-0.15, -0.1) is 12.4 Å². The molecule has 82 valence electrons. The van der Waals surface area contributed by atoms with E-state index in [1.165, 1.54) is 6.07 Å². The fourth-order valence-electron chi connectivity index (χ4n) is 0.999. The van der Waals surface area contributed by atoms with E-state index in [9.17, 15) is 10.1 Å². The highest BCUT2D eigenvalue weighted by atomic mass is 35.5. The zero-order chi connectivity index (χ0) is 10.6. The molecule has 1 rings (SSSR count). The molecule has 0 unspecified atom stereocenters. The predicted octanol–water partition coefficient (Wildman–Crippen LogP) is 0.790. The minimum absolute atomic E-state index is 0. The monoisotopic (exact) mass is 230 g/mol. The van der Waals surface area contributed by atoms with Crippen molar-refractivity contribution in [3.05, 3.63) is 39.9 Å². The number of nitro groups is 1. The molecule has 0 amide bonds. The van der Waals surface area contributed by atoms with Crippen LogP contribution in [0.5, 0.6) is 0 Å². The van der Waals surface area contributed by atoms with Crippen molar-refractivity contribution in [2.75, 3.05) is 0 Å². The van der Waals surface area contributed by atoms with E-state index in [1.807, 2.05) is 0 Å². The summed E-state index contributed by atoms with van der Waals surface area (Å²) in [6.07, 6.45) is 0. The van der Waals surface area contributed by atoms with Gasteiger partial charge in [0.1, 0.15) is 0 Å². The zero-order valence-electron chi connectivity index (χ0n) is 7.79. The first-order chi connectivity index (χ1) is 6.61. The lowest BCUT2D eigenvalue weighted by Gasteiger charge is -1.98. The third-order valence-electron chi connectivity index (χ3n) is 1.62. The largest absolute Gasteiger partial charge is 0.370 e. The molecule has 0 aliphatic carbocycles. The molecule has 0 aliphatic rings. The maximum atomic E-state index is 10.6. The normalized spacial score (nSPS) is 8.80. The van der Waals surface area contributed by atoms with Crippen molar-refractivity contribution in [3.8, 4) is 0 Å². The third kappa shape index (κ3) is 3.82. The van der Waals surface area contributed by atoms with Crippen molar-refractivity contribution in [1.29, 1.82) is 0 Å². The molecule has 0 saturated heterocycles. The Bertz CT molecular complexity index is 377. The van der Waals surface area contributed by atoms with Crippen LogP contribution in [0, 0.1) is 10.1 Å². The molecule has 0 aromatic heterocycles. The van der Waals surface area contributed by atoms with Gasteiger partial charge in [-0.2, -0.15) is 0 Å². The second-order valence-electron chi connectivity index (χ2n) is 2.63. The van der Waals surface area contributed by atoms with Gasteiger partial charge in [-0.1, -0.05) is 18.2 Å². The highest BCUT2D eigenvalue weighted by molar-refractivity contribution is 5.85. The van der Waals surface area contributed by atoms with Gasteiger partial charge in [0, 0.05) is 6.07 Å². The van der Waals surface area contributed by atoms with Crippen LogP contribution in [0.25, 0.3) is 0 Å². The number of hydrogen-bond acceptors (Lipinski definition) is 3. The van der Waals surface area contributed by atoms with Gasteiger partial charge in [-0.05, 0) is 0 Å². The number of rotatable bonds is 3. The van der Waals surface area contributed by atoms with E-state index in [0.717, 1.165) is 0 Å². The van der Waals surface area contributed by atoms with Crippen LogP contribution in [0.15, 0.2) is 29.3 Å².